The van der Waals surface area contributed by atoms with E-state index in [1.165, 1.54) is 0 Å². The fourth-order valence-corrected chi connectivity index (χ4v) is 5.76. The molecular formula is C24H26Cl2N6OS. The van der Waals surface area contributed by atoms with Crippen LogP contribution in [0.25, 0.3) is 20.8 Å². The van der Waals surface area contributed by atoms with E-state index in [1.807, 2.05) is 12.3 Å². The summed E-state index contributed by atoms with van der Waals surface area (Å²) in [6.07, 6.45) is 3.76. The normalized spacial score (nSPS) is 15.2. The van der Waals surface area contributed by atoms with Gasteiger partial charge in [-0.2, -0.15) is 0 Å². The lowest BCUT2D eigenvalue weighted by molar-refractivity contribution is 0.144. The van der Waals surface area contributed by atoms with Crippen molar-refractivity contribution in [1.82, 2.24) is 24.3 Å². The number of hydrogen-bond donors (Lipinski definition) is 1. The van der Waals surface area contributed by atoms with Crippen LogP contribution in [0.5, 0.6) is 5.75 Å². The zero-order valence-electron chi connectivity index (χ0n) is 19.3. The molecule has 34 heavy (non-hydrogen) atoms. The fourth-order valence-electron chi connectivity index (χ4n) is 4.12. The van der Waals surface area contributed by atoms with Gasteiger partial charge < -0.3 is 19.5 Å². The van der Waals surface area contributed by atoms with E-state index < -0.39 is 0 Å². The van der Waals surface area contributed by atoms with E-state index in [0.29, 0.717) is 15.8 Å². The Morgan fingerprint density at radius 1 is 1.03 bits per heavy atom. The molecule has 1 aliphatic rings. The molecule has 1 saturated heterocycles. The highest BCUT2D eigenvalue weighted by Gasteiger charge is 2.19. The highest BCUT2D eigenvalue weighted by Crippen LogP contribution is 2.40. The van der Waals surface area contributed by atoms with Crippen LogP contribution in [0, 0.1) is 0 Å². The lowest BCUT2D eigenvalue weighted by Crippen LogP contribution is -2.44. The molecule has 1 fully saturated rings. The van der Waals surface area contributed by atoms with Gasteiger partial charge in [0.05, 0.1) is 62.1 Å². The minimum Gasteiger partial charge on any atom is -0.495 e. The van der Waals surface area contributed by atoms with Gasteiger partial charge in [-0.15, -0.1) is 11.3 Å². The Labute approximate surface area is 212 Å². The number of hydrogen-bond acceptors (Lipinski definition) is 7. The predicted molar refractivity (Wildman–Crippen MR) is 141 cm³/mol. The number of nitrogens with one attached hydrogen (secondary N) is 1. The van der Waals surface area contributed by atoms with Crippen LogP contribution in [0.1, 0.15) is 5.82 Å². The molecule has 1 aliphatic heterocycles. The second-order valence-corrected chi connectivity index (χ2v) is 10.3. The summed E-state index contributed by atoms with van der Waals surface area (Å²) in [5.74, 6) is 1.64. The second-order valence-electron chi connectivity index (χ2n) is 8.47. The van der Waals surface area contributed by atoms with E-state index in [2.05, 4.69) is 44.8 Å². The van der Waals surface area contributed by atoms with Crippen LogP contribution in [0.4, 0.5) is 11.4 Å². The summed E-state index contributed by atoms with van der Waals surface area (Å²) in [6.45, 7) is 5.19. The van der Waals surface area contributed by atoms with Crippen molar-refractivity contribution in [3.63, 3.8) is 0 Å². The molecule has 0 aliphatic carbocycles. The third-order valence-corrected chi connectivity index (χ3v) is 8.01. The summed E-state index contributed by atoms with van der Waals surface area (Å²) in [4.78, 5) is 15.3. The quantitative estimate of drug-likeness (QED) is 0.365. The van der Waals surface area contributed by atoms with Gasteiger partial charge >= 0.3 is 0 Å². The zero-order chi connectivity index (χ0) is 23.8. The Hall–Kier alpha value is -2.36. The maximum absolute atomic E-state index is 6.44. The van der Waals surface area contributed by atoms with E-state index in [9.17, 15) is 0 Å². The van der Waals surface area contributed by atoms with E-state index in [4.69, 9.17) is 32.9 Å². The molecule has 1 aromatic carbocycles. The van der Waals surface area contributed by atoms with Gasteiger partial charge in [-0.05, 0) is 25.2 Å². The van der Waals surface area contributed by atoms with Crippen LogP contribution in [-0.4, -0.2) is 64.7 Å². The molecule has 0 saturated carbocycles. The van der Waals surface area contributed by atoms with Gasteiger partial charge in [0, 0.05) is 45.5 Å². The van der Waals surface area contributed by atoms with Crippen molar-refractivity contribution in [2.24, 2.45) is 7.05 Å². The number of methoxy groups -OCH3 is 1. The lowest BCUT2D eigenvalue weighted by atomic mass is 10.2. The molecule has 0 bridgehead atoms. The standard InChI is InChI=1S/C24H26Cl2N6OS/c1-30-6-8-32(9-7-30)14-23-28-13-20(31(23)2)22-12-19-24(34-22)17(4-5-27-19)29-18-11-21(33-3)16(26)10-15(18)25/h4-5,10-13H,6-9,14H2,1-3H3,(H,27,29). The van der Waals surface area contributed by atoms with Crippen LogP contribution in [0.3, 0.4) is 0 Å². The first-order valence-corrected chi connectivity index (χ1v) is 12.6. The summed E-state index contributed by atoms with van der Waals surface area (Å²) in [5, 5.41) is 4.42. The van der Waals surface area contributed by atoms with Crippen LogP contribution in [0.2, 0.25) is 10.0 Å². The number of likely N-dealkylation sites (N-methyl/N-ethyl adjacent to an activating group) is 1. The predicted octanol–water partition coefficient (Wildman–Crippen LogP) is 5.50. The maximum atomic E-state index is 6.44. The van der Waals surface area contributed by atoms with Crippen molar-refractivity contribution in [3.05, 3.63) is 52.5 Å². The molecule has 5 rings (SSSR count). The third-order valence-electron chi connectivity index (χ3n) is 6.22. The number of benzene rings is 1. The van der Waals surface area contributed by atoms with Gasteiger partial charge in [-0.1, -0.05) is 23.2 Å². The van der Waals surface area contributed by atoms with Gasteiger partial charge in [0.25, 0.3) is 0 Å². The Morgan fingerprint density at radius 2 is 1.82 bits per heavy atom. The van der Waals surface area contributed by atoms with Crippen LogP contribution < -0.4 is 10.1 Å². The number of ether oxygens (including phenoxy) is 1. The smallest absolute Gasteiger partial charge is 0.139 e. The highest BCUT2D eigenvalue weighted by atomic mass is 35.5. The summed E-state index contributed by atoms with van der Waals surface area (Å²) >= 11 is 14.3. The van der Waals surface area contributed by atoms with Crippen LogP contribution in [0.15, 0.2) is 36.7 Å². The fraction of sp³-hybridized carbons (Fsp3) is 0.333. The van der Waals surface area contributed by atoms with Crippen molar-refractivity contribution in [2.75, 3.05) is 45.7 Å². The highest BCUT2D eigenvalue weighted by molar-refractivity contribution is 7.22. The lowest BCUT2D eigenvalue weighted by Gasteiger charge is -2.32. The topological polar surface area (TPSA) is 58.5 Å². The number of pyridine rings is 1. The van der Waals surface area contributed by atoms with Crippen LogP contribution >= 0.6 is 34.5 Å². The summed E-state index contributed by atoms with van der Waals surface area (Å²) in [6, 6.07) is 7.55. The zero-order valence-corrected chi connectivity index (χ0v) is 21.6. The van der Waals surface area contributed by atoms with Crippen molar-refractivity contribution in [3.8, 4) is 16.3 Å². The number of halogens is 2. The summed E-state index contributed by atoms with van der Waals surface area (Å²) in [5.41, 5.74) is 3.65. The number of fused-ring (bicyclic) bond motifs is 1. The Bertz CT molecular complexity index is 1330. The minimum absolute atomic E-state index is 0.472. The SMILES string of the molecule is COc1cc(Nc2ccnc3cc(-c4cnc(CN5CCN(C)CC5)n4C)sc23)c(Cl)cc1Cl. The minimum atomic E-state index is 0.472. The molecule has 0 radical (unpaired) electrons. The molecule has 7 nitrogen and oxygen atoms in total. The summed E-state index contributed by atoms with van der Waals surface area (Å²) < 4.78 is 8.58. The van der Waals surface area contributed by atoms with Gasteiger partial charge in [-0.25, -0.2) is 4.98 Å². The van der Waals surface area contributed by atoms with Gasteiger partial charge in [0.2, 0.25) is 0 Å². The number of anilines is 2. The van der Waals surface area contributed by atoms with E-state index in [1.54, 1.807) is 36.8 Å². The molecule has 10 heteroatoms. The Balaban J connectivity index is 1.43. The molecule has 0 amide bonds. The molecule has 4 aromatic rings. The molecule has 4 heterocycles. The Morgan fingerprint density at radius 3 is 2.59 bits per heavy atom. The Kier molecular flexibility index (Phi) is 6.68. The van der Waals surface area contributed by atoms with Gasteiger partial charge in [0.1, 0.15) is 11.6 Å². The molecular weight excluding hydrogens is 491 g/mol. The van der Waals surface area contributed by atoms with Crippen molar-refractivity contribution >= 4 is 56.1 Å². The average molecular weight is 517 g/mol. The van der Waals surface area contributed by atoms with Crippen molar-refractivity contribution in [1.29, 1.82) is 0 Å². The average Bonchev–Trinajstić information content (AvgIpc) is 3.41. The molecule has 178 valence electrons. The molecule has 1 N–H and O–H groups in total. The molecule has 0 atom stereocenters. The molecule has 3 aromatic heterocycles. The van der Waals surface area contributed by atoms with Crippen LogP contribution in [-0.2, 0) is 13.6 Å². The molecule has 0 unspecified atom stereocenters. The maximum Gasteiger partial charge on any atom is 0.139 e. The largest absolute Gasteiger partial charge is 0.495 e. The summed E-state index contributed by atoms with van der Waals surface area (Å²) in [7, 11) is 5.84. The van der Waals surface area contributed by atoms with Gasteiger partial charge in [0.15, 0.2) is 0 Å². The van der Waals surface area contributed by atoms with Crippen molar-refractivity contribution < 1.29 is 4.74 Å². The number of aromatic nitrogens is 3. The van der Waals surface area contributed by atoms with E-state index in [-0.39, 0.29) is 0 Å². The monoisotopic (exact) mass is 516 g/mol. The number of nitrogens with zero attached hydrogens (tertiary/aromatic N) is 5. The van der Waals surface area contributed by atoms with Gasteiger partial charge in [-0.3, -0.25) is 9.88 Å². The first kappa shape index (κ1) is 23.4. The third kappa shape index (κ3) is 4.61. The first-order valence-electron chi connectivity index (χ1n) is 11.0. The van der Waals surface area contributed by atoms with E-state index >= 15 is 0 Å². The number of rotatable bonds is 6. The second kappa shape index (κ2) is 9.71. The van der Waals surface area contributed by atoms with E-state index in [0.717, 1.165) is 70.7 Å². The molecule has 0 spiro atoms. The first-order chi connectivity index (χ1) is 16.4. The number of imidazole rings is 1. The number of piperazine rings is 1. The number of thiophene rings is 1. The van der Waals surface area contributed by atoms with Crippen molar-refractivity contribution in [2.45, 2.75) is 6.54 Å².